The van der Waals surface area contributed by atoms with E-state index in [1.54, 1.807) is 25.4 Å². The Kier molecular flexibility index (Phi) is 4.09. The van der Waals surface area contributed by atoms with E-state index < -0.39 is 5.91 Å². The first-order valence-corrected chi connectivity index (χ1v) is 6.05. The molecule has 0 bridgehead atoms. The van der Waals surface area contributed by atoms with E-state index in [0.29, 0.717) is 0 Å². The van der Waals surface area contributed by atoms with Gasteiger partial charge in [-0.05, 0) is 18.2 Å². The number of nitrogens with one attached hydrogen (secondary N) is 1. The minimum absolute atomic E-state index is 0.0726. The van der Waals surface area contributed by atoms with E-state index in [2.05, 4.69) is 10.4 Å². The van der Waals surface area contributed by atoms with Gasteiger partial charge in [-0.1, -0.05) is 0 Å². The number of carbonyl (C=O) groups is 1. The summed E-state index contributed by atoms with van der Waals surface area (Å²) in [5.41, 5.74) is -0.527. The predicted octanol–water partition coefficient (Wildman–Crippen LogP) is -0.628. The number of carbonyl (C=O) groups excluding carboxylic acids is 1. The summed E-state index contributed by atoms with van der Waals surface area (Å²) in [4.78, 5) is 35.0. The molecule has 0 saturated heterocycles. The summed E-state index contributed by atoms with van der Waals surface area (Å²) >= 11 is 0. The molecule has 7 heteroatoms. The van der Waals surface area contributed by atoms with Gasteiger partial charge in [-0.25, -0.2) is 4.68 Å². The van der Waals surface area contributed by atoms with Gasteiger partial charge in [-0.2, -0.15) is 5.10 Å². The van der Waals surface area contributed by atoms with E-state index in [1.807, 2.05) is 0 Å². The molecule has 2 aromatic rings. The molecule has 7 nitrogen and oxygen atoms in total. The zero-order chi connectivity index (χ0) is 14.5. The molecule has 0 aliphatic heterocycles. The number of hydrogen-bond acceptors (Lipinski definition) is 4. The van der Waals surface area contributed by atoms with Crippen molar-refractivity contribution in [2.45, 2.75) is 6.54 Å². The zero-order valence-corrected chi connectivity index (χ0v) is 10.9. The van der Waals surface area contributed by atoms with Crippen molar-refractivity contribution >= 4 is 5.91 Å². The smallest absolute Gasteiger partial charge is 0.266 e. The third kappa shape index (κ3) is 3.00. The van der Waals surface area contributed by atoms with Crippen LogP contribution in [0.25, 0.3) is 0 Å². The molecule has 1 amide bonds. The molecule has 0 saturated carbocycles. The second kappa shape index (κ2) is 5.96. The maximum Gasteiger partial charge on any atom is 0.266 e. The van der Waals surface area contributed by atoms with Crippen LogP contribution in [-0.2, 0) is 13.6 Å². The molecule has 104 valence electrons. The molecular weight excluding hydrogens is 260 g/mol. The Morgan fingerprint density at radius 3 is 2.85 bits per heavy atom. The fourth-order valence-electron chi connectivity index (χ4n) is 1.70. The van der Waals surface area contributed by atoms with Gasteiger partial charge < -0.3 is 9.88 Å². The van der Waals surface area contributed by atoms with E-state index in [4.69, 9.17) is 0 Å². The molecule has 0 aliphatic carbocycles. The predicted molar refractivity (Wildman–Crippen MR) is 72.5 cm³/mol. The van der Waals surface area contributed by atoms with Crippen molar-refractivity contribution in [3.8, 4) is 0 Å². The fourth-order valence-corrected chi connectivity index (χ4v) is 1.70. The van der Waals surface area contributed by atoms with Gasteiger partial charge in [0.1, 0.15) is 5.56 Å². The number of aromatic nitrogens is 3. The molecule has 2 rings (SSSR count). The average molecular weight is 274 g/mol. The van der Waals surface area contributed by atoms with Crippen LogP contribution in [0.3, 0.4) is 0 Å². The van der Waals surface area contributed by atoms with E-state index in [0.717, 1.165) is 0 Å². The van der Waals surface area contributed by atoms with E-state index in [-0.39, 0.29) is 29.8 Å². The van der Waals surface area contributed by atoms with Crippen molar-refractivity contribution in [3.05, 3.63) is 62.9 Å². The van der Waals surface area contributed by atoms with Crippen molar-refractivity contribution in [2.75, 3.05) is 6.54 Å². The molecular formula is C13H14N4O3. The molecule has 0 unspecified atom stereocenters. The number of aryl methyl sites for hydroxylation is 1. The van der Waals surface area contributed by atoms with Gasteiger partial charge in [0.25, 0.3) is 17.0 Å². The van der Waals surface area contributed by atoms with Gasteiger partial charge in [-0.3, -0.25) is 14.4 Å². The van der Waals surface area contributed by atoms with Crippen LogP contribution in [0.4, 0.5) is 0 Å². The quantitative estimate of drug-likeness (QED) is 0.804. The standard InChI is InChI=1S/C13H14N4O3/c1-16-8-3-4-10(13(16)20)12(19)14-7-9-17-11(18)5-2-6-15-17/h2-6,8H,7,9H2,1H3,(H,14,19). The lowest BCUT2D eigenvalue weighted by Gasteiger charge is -2.06. The van der Waals surface area contributed by atoms with Crippen LogP contribution in [-0.4, -0.2) is 26.8 Å². The Labute approximate surface area is 114 Å². The molecule has 0 fully saturated rings. The van der Waals surface area contributed by atoms with E-state index in [1.165, 1.54) is 27.6 Å². The van der Waals surface area contributed by atoms with Gasteiger partial charge in [0.15, 0.2) is 0 Å². The van der Waals surface area contributed by atoms with E-state index >= 15 is 0 Å². The van der Waals surface area contributed by atoms with Gasteiger partial charge >= 0.3 is 0 Å². The van der Waals surface area contributed by atoms with Gasteiger partial charge in [-0.15, -0.1) is 0 Å². The maximum absolute atomic E-state index is 11.9. The Morgan fingerprint density at radius 2 is 2.10 bits per heavy atom. The minimum Gasteiger partial charge on any atom is -0.350 e. The lowest BCUT2D eigenvalue weighted by Crippen LogP contribution is -2.35. The number of hydrogen-bond donors (Lipinski definition) is 1. The Hall–Kier alpha value is -2.70. The normalized spacial score (nSPS) is 10.2. The second-order valence-corrected chi connectivity index (χ2v) is 4.18. The maximum atomic E-state index is 11.9. The Balaban J connectivity index is 2.00. The lowest BCUT2D eigenvalue weighted by molar-refractivity contribution is 0.0949. The number of nitrogens with zero attached hydrogens (tertiary/aromatic N) is 3. The highest BCUT2D eigenvalue weighted by molar-refractivity contribution is 5.93. The number of pyridine rings is 1. The fraction of sp³-hybridized carbons (Fsp3) is 0.231. The number of amides is 1. The highest BCUT2D eigenvalue weighted by atomic mass is 16.2. The number of rotatable bonds is 4. The van der Waals surface area contributed by atoms with Crippen molar-refractivity contribution in [3.63, 3.8) is 0 Å². The third-order valence-electron chi connectivity index (χ3n) is 2.76. The Bertz CT molecular complexity index is 733. The van der Waals surface area contributed by atoms with Crippen LogP contribution in [0.5, 0.6) is 0 Å². The largest absolute Gasteiger partial charge is 0.350 e. The third-order valence-corrected chi connectivity index (χ3v) is 2.76. The first-order valence-electron chi connectivity index (χ1n) is 6.05. The summed E-state index contributed by atoms with van der Waals surface area (Å²) in [6.45, 7) is 0.465. The van der Waals surface area contributed by atoms with Crippen molar-refractivity contribution in [1.82, 2.24) is 19.7 Å². The van der Waals surface area contributed by atoms with Gasteiger partial charge in [0.2, 0.25) is 0 Å². The summed E-state index contributed by atoms with van der Waals surface area (Å²) in [7, 11) is 1.58. The van der Waals surface area contributed by atoms with Crippen molar-refractivity contribution < 1.29 is 4.79 Å². The Morgan fingerprint density at radius 1 is 1.30 bits per heavy atom. The molecule has 0 radical (unpaired) electrons. The summed E-state index contributed by atoms with van der Waals surface area (Å²) < 4.78 is 2.57. The van der Waals surface area contributed by atoms with Crippen molar-refractivity contribution in [2.24, 2.45) is 7.05 Å². The molecule has 2 heterocycles. The first kappa shape index (κ1) is 13.7. The van der Waals surface area contributed by atoms with E-state index in [9.17, 15) is 14.4 Å². The molecule has 0 aliphatic rings. The molecule has 0 atom stereocenters. The minimum atomic E-state index is -0.463. The van der Waals surface area contributed by atoms with Crippen LogP contribution < -0.4 is 16.4 Å². The topological polar surface area (TPSA) is 86.0 Å². The van der Waals surface area contributed by atoms with Crippen LogP contribution in [0.15, 0.2) is 46.2 Å². The van der Waals surface area contributed by atoms with Gasteiger partial charge in [0, 0.05) is 32.1 Å². The van der Waals surface area contributed by atoms with Crippen molar-refractivity contribution in [1.29, 1.82) is 0 Å². The highest BCUT2D eigenvalue weighted by Gasteiger charge is 2.10. The summed E-state index contributed by atoms with van der Waals surface area (Å²) in [5.74, 6) is -0.463. The van der Waals surface area contributed by atoms with Gasteiger partial charge in [0.05, 0.1) is 6.54 Å². The molecule has 0 spiro atoms. The average Bonchev–Trinajstić information content (AvgIpc) is 2.44. The zero-order valence-electron chi connectivity index (χ0n) is 10.9. The van der Waals surface area contributed by atoms with Crippen LogP contribution >= 0.6 is 0 Å². The van der Waals surface area contributed by atoms with Crippen LogP contribution in [0.2, 0.25) is 0 Å². The second-order valence-electron chi connectivity index (χ2n) is 4.18. The highest BCUT2D eigenvalue weighted by Crippen LogP contribution is 1.90. The SMILES string of the molecule is Cn1cccc(C(=O)NCCn2ncccc2=O)c1=O. The summed E-state index contributed by atoms with van der Waals surface area (Å²) in [6.07, 6.45) is 3.07. The lowest BCUT2D eigenvalue weighted by atomic mass is 10.2. The van der Waals surface area contributed by atoms with Crippen LogP contribution in [0, 0.1) is 0 Å². The molecule has 0 aromatic carbocycles. The molecule has 2 aromatic heterocycles. The molecule has 1 N–H and O–H groups in total. The first-order chi connectivity index (χ1) is 9.59. The summed E-state index contributed by atoms with van der Waals surface area (Å²) in [5, 5.41) is 6.46. The molecule has 20 heavy (non-hydrogen) atoms. The monoisotopic (exact) mass is 274 g/mol. The van der Waals surface area contributed by atoms with Crippen LogP contribution in [0.1, 0.15) is 10.4 Å². The summed E-state index contributed by atoms with van der Waals surface area (Å²) in [6, 6.07) is 6.02.